The summed E-state index contributed by atoms with van der Waals surface area (Å²) in [5, 5.41) is 0. The molecule has 0 unspecified atom stereocenters. The molecule has 1 aromatic heterocycles. The summed E-state index contributed by atoms with van der Waals surface area (Å²) in [6.45, 7) is 0. The number of carbonyl (C=O) groups is 1. The third kappa shape index (κ3) is 3.58. The lowest BCUT2D eigenvalue weighted by Gasteiger charge is -2.03. The second kappa shape index (κ2) is 6.79. The number of nitrogens with zero attached hydrogens (tertiary/aromatic N) is 1. The maximum atomic E-state index is 12.2. The maximum absolute atomic E-state index is 12.2. The SMILES string of the molecule is COc1ccc(/C=C/C(=O)c2ccc(-n3cccc3)cc2)cc1. The van der Waals surface area contributed by atoms with Crippen LogP contribution in [0.1, 0.15) is 15.9 Å². The van der Waals surface area contributed by atoms with E-state index in [4.69, 9.17) is 4.74 Å². The van der Waals surface area contributed by atoms with Gasteiger partial charge in [-0.15, -0.1) is 0 Å². The number of benzene rings is 2. The highest BCUT2D eigenvalue weighted by molar-refractivity contribution is 6.06. The topological polar surface area (TPSA) is 31.2 Å². The van der Waals surface area contributed by atoms with Gasteiger partial charge in [0.2, 0.25) is 0 Å². The van der Waals surface area contributed by atoms with Gasteiger partial charge in [0.25, 0.3) is 0 Å². The molecule has 0 radical (unpaired) electrons. The Morgan fingerprint density at radius 3 is 2.22 bits per heavy atom. The fraction of sp³-hybridized carbons (Fsp3) is 0.0500. The predicted octanol–water partition coefficient (Wildman–Crippen LogP) is 4.38. The monoisotopic (exact) mass is 303 g/mol. The Balaban J connectivity index is 1.71. The fourth-order valence-electron chi connectivity index (χ4n) is 2.29. The second-order valence-electron chi connectivity index (χ2n) is 5.11. The lowest BCUT2D eigenvalue weighted by molar-refractivity contribution is 0.104. The Kier molecular flexibility index (Phi) is 4.39. The smallest absolute Gasteiger partial charge is 0.185 e. The van der Waals surface area contributed by atoms with Crippen molar-refractivity contribution >= 4 is 11.9 Å². The van der Waals surface area contributed by atoms with Crippen LogP contribution in [0.3, 0.4) is 0 Å². The van der Waals surface area contributed by atoms with Crippen LogP contribution in [0.2, 0.25) is 0 Å². The van der Waals surface area contributed by atoms with Gasteiger partial charge in [-0.05, 0) is 60.2 Å². The Morgan fingerprint density at radius 2 is 1.61 bits per heavy atom. The molecule has 0 amide bonds. The zero-order valence-corrected chi connectivity index (χ0v) is 12.8. The van der Waals surface area contributed by atoms with E-state index in [1.165, 1.54) is 0 Å². The third-order valence-electron chi connectivity index (χ3n) is 3.60. The van der Waals surface area contributed by atoms with Gasteiger partial charge < -0.3 is 9.30 Å². The van der Waals surface area contributed by atoms with Crippen molar-refractivity contribution in [2.45, 2.75) is 0 Å². The molecule has 0 saturated carbocycles. The van der Waals surface area contributed by atoms with Crippen molar-refractivity contribution < 1.29 is 9.53 Å². The summed E-state index contributed by atoms with van der Waals surface area (Å²) in [5.41, 5.74) is 2.67. The molecule has 2 aromatic carbocycles. The number of ether oxygens (including phenoxy) is 1. The summed E-state index contributed by atoms with van der Waals surface area (Å²) in [5.74, 6) is 0.786. The van der Waals surface area contributed by atoms with E-state index in [1.807, 2.05) is 83.7 Å². The van der Waals surface area contributed by atoms with Crippen molar-refractivity contribution in [1.29, 1.82) is 0 Å². The first-order valence-corrected chi connectivity index (χ1v) is 7.36. The maximum Gasteiger partial charge on any atom is 0.185 e. The highest BCUT2D eigenvalue weighted by atomic mass is 16.5. The van der Waals surface area contributed by atoms with Gasteiger partial charge in [0, 0.05) is 23.6 Å². The molecule has 1 heterocycles. The lowest BCUT2D eigenvalue weighted by atomic mass is 10.1. The van der Waals surface area contributed by atoms with E-state index < -0.39 is 0 Å². The molecule has 0 aliphatic rings. The average Bonchev–Trinajstić information content (AvgIpc) is 3.15. The van der Waals surface area contributed by atoms with E-state index in [1.54, 1.807) is 13.2 Å². The number of hydrogen-bond donors (Lipinski definition) is 0. The first kappa shape index (κ1) is 14.9. The summed E-state index contributed by atoms with van der Waals surface area (Å²) in [6, 6.07) is 19.1. The van der Waals surface area contributed by atoms with E-state index in [0.29, 0.717) is 5.56 Å². The molecule has 3 heteroatoms. The minimum Gasteiger partial charge on any atom is -0.497 e. The molecule has 0 aliphatic heterocycles. The number of carbonyl (C=O) groups excluding carboxylic acids is 1. The Bertz CT molecular complexity index is 798. The highest BCUT2D eigenvalue weighted by Gasteiger charge is 2.02. The van der Waals surface area contributed by atoms with E-state index in [-0.39, 0.29) is 5.78 Å². The second-order valence-corrected chi connectivity index (χ2v) is 5.11. The van der Waals surface area contributed by atoms with Gasteiger partial charge in [-0.3, -0.25) is 4.79 Å². The largest absolute Gasteiger partial charge is 0.497 e. The molecule has 0 bridgehead atoms. The number of hydrogen-bond acceptors (Lipinski definition) is 2. The van der Waals surface area contributed by atoms with E-state index in [0.717, 1.165) is 17.0 Å². The normalized spacial score (nSPS) is 10.8. The molecule has 3 aromatic rings. The molecular formula is C20H17NO2. The first-order chi connectivity index (χ1) is 11.3. The summed E-state index contributed by atoms with van der Waals surface area (Å²) in [6.07, 6.45) is 7.34. The fourth-order valence-corrected chi connectivity index (χ4v) is 2.29. The van der Waals surface area contributed by atoms with Crippen molar-refractivity contribution in [2.24, 2.45) is 0 Å². The molecule has 0 saturated heterocycles. The van der Waals surface area contributed by atoms with Crippen molar-refractivity contribution in [3.8, 4) is 11.4 Å². The van der Waals surface area contributed by atoms with Crippen LogP contribution >= 0.6 is 0 Å². The number of aromatic nitrogens is 1. The Labute approximate surface area is 135 Å². The van der Waals surface area contributed by atoms with Crippen molar-refractivity contribution in [3.63, 3.8) is 0 Å². The first-order valence-electron chi connectivity index (χ1n) is 7.36. The van der Waals surface area contributed by atoms with Gasteiger partial charge in [-0.1, -0.05) is 18.2 Å². The van der Waals surface area contributed by atoms with E-state index >= 15 is 0 Å². The van der Waals surface area contributed by atoms with Crippen LogP contribution < -0.4 is 4.74 Å². The van der Waals surface area contributed by atoms with Crippen LogP contribution in [-0.4, -0.2) is 17.5 Å². The van der Waals surface area contributed by atoms with Gasteiger partial charge in [0.05, 0.1) is 7.11 Å². The minimum atomic E-state index is -0.0140. The Hall–Kier alpha value is -3.07. The zero-order chi connectivity index (χ0) is 16.1. The third-order valence-corrected chi connectivity index (χ3v) is 3.60. The van der Waals surface area contributed by atoms with Gasteiger partial charge >= 0.3 is 0 Å². The molecule has 3 rings (SSSR count). The van der Waals surface area contributed by atoms with Gasteiger partial charge in [0.1, 0.15) is 5.75 Å². The van der Waals surface area contributed by atoms with Crippen molar-refractivity contribution in [2.75, 3.05) is 7.11 Å². The molecule has 114 valence electrons. The standard InChI is InChI=1S/C20H17NO2/c1-23-19-11-4-16(5-12-19)6-13-20(22)17-7-9-18(10-8-17)21-14-2-3-15-21/h2-15H,1H3/b13-6+. The molecule has 0 atom stereocenters. The number of methoxy groups -OCH3 is 1. The number of allylic oxidation sites excluding steroid dienone is 1. The zero-order valence-electron chi connectivity index (χ0n) is 12.8. The minimum absolute atomic E-state index is 0.0140. The highest BCUT2D eigenvalue weighted by Crippen LogP contribution is 2.14. The molecule has 0 aliphatic carbocycles. The number of ketones is 1. The summed E-state index contributed by atoms with van der Waals surface area (Å²) in [4.78, 5) is 12.2. The molecular weight excluding hydrogens is 286 g/mol. The van der Waals surface area contributed by atoms with Gasteiger partial charge in [-0.25, -0.2) is 0 Å². The van der Waals surface area contributed by atoms with Crippen LogP contribution in [0, 0.1) is 0 Å². The molecule has 0 spiro atoms. The van der Waals surface area contributed by atoms with E-state index in [9.17, 15) is 4.79 Å². The lowest BCUT2D eigenvalue weighted by Crippen LogP contribution is -1.96. The predicted molar refractivity (Wildman–Crippen MR) is 92.1 cm³/mol. The molecule has 3 nitrogen and oxygen atoms in total. The van der Waals surface area contributed by atoms with Crippen LogP contribution in [0.25, 0.3) is 11.8 Å². The van der Waals surface area contributed by atoms with Crippen molar-refractivity contribution in [3.05, 3.63) is 90.3 Å². The van der Waals surface area contributed by atoms with Crippen LogP contribution in [0.4, 0.5) is 0 Å². The summed E-state index contributed by atoms with van der Waals surface area (Å²) >= 11 is 0. The molecule has 23 heavy (non-hydrogen) atoms. The average molecular weight is 303 g/mol. The van der Waals surface area contributed by atoms with Crippen LogP contribution in [0.15, 0.2) is 79.1 Å². The molecule has 0 fully saturated rings. The van der Waals surface area contributed by atoms with E-state index in [2.05, 4.69) is 0 Å². The quantitative estimate of drug-likeness (QED) is 0.517. The van der Waals surface area contributed by atoms with Gasteiger partial charge in [-0.2, -0.15) is 0 Å². The summed E-state index contributed by atoms with van der Waals surface area (Å²) in [7, 11) is 1.63. The van der Waals surface area contributed by atoms with Crippen LogP contribution in [-0.2, 0) is 0 Å². The van der Waals surface area contributed by atoms with Crippen LogP contribution in [0.5, 0.6) is 5.75 Å². The molecule has 0 N–H and O–H groups in total. The summed E-state index contributed by atoms with van der Waals surface area (Å²) < 4.78 is 7.11. The van der Waals surface area contributed by atoms with Gasteiger partial charge in [0.15, 0.2) is 5.78 Å². The van der Waals surface area contributed by atoms with Crippen molar-refractivity contribution in [1.82, 2.24) is 4.57 Å². The number of rotatable bonds is 5. The Morgan fingerprint density at radius 1 is 0.957 bits per heavy atom.